The smallest absolute Gasteiger partial charge is 0.0562 e. The molecule has 0 N–H and O–H groups in total. The molecule has 10 aromatic rings. The number of hydrogen-bond acceptors (Lipinski definition) is 1. The number of hydrogen-bond donors (Lipinski definition) is 0. The summed E-state index contributed by atoms with van der Waals surface area (Å²) in [5.41, 5.74) is 14.0. The van der Waals surface area contributed by atoms with Gasteiger partial charge in [-0.1, -0.05) is 176 Å². The van der Waals surface area contributed by atoms with E-state index in [-0.39, 0.29) is 0 Å². The van der Waals surface area contributed by atoms with Crippen molar-refractivity contribution in [2.75, 3.05) is 4.90 Å². The Balaban J connectivity index is 1.22. The summed E-state index contributed by atoms with van der Waals surface area (Å²) in [5.74, 6) is 0. The molecule has 0 fully saturated rings. The van der Waals surface area contributed by atoms with Crippen LogP contribution >= 0.6 is 0 Å². The van der Waals surface area contributed by atoms with Crippen LogP contribution in [0.25, 0.3) is 71.6 Å². The van der Waals surface area contributed by atoms with E-state index < -0.39 is 0 Å². The fourth-order valence-electron chi connectivity index (χ4n) is 8.10. The van der Waals surface area contributed by atoms with E-state index in [1.807, 2.05) is 0 Å². The second-order valence-electron chi connectivity index (χ2n) is 13.7. The topological polar surface area (TPSA) is 8.17 Å². The third-order valence-corrected chi connectivity index (χ3v) is 10.6. The standard InChI is InChI=1S/C52H36N2/c1-4-16-37(17-5-1)38-28-30-41(31-29-38)53(49-26-14-12-22-44(49)40-20-8-3-9-21-40)42-32-33-48-47-25-13-15-27-50(47)54(52(48)36-42)51-35-34-43(39-18-6-2-7-19-39)45-23-10-11-24-46(45)51/h1-36H. The van der Waals surface area contributed by atoms with Crippen LogP contribution < -0.4 is 4.90 Å². The number of benzene rings is 9. The lowest BCUT2D eigenvalue weighted by Crippen LogP contribution is -2.11. The molecule has 0 atom stereocenters. The molecule has 1 heterocycles. The van der Waals surface area contributed by atoms with E-state index in [1.165, 1.54) is 60.4 Å². The lowest BCUT2D eigenvalue weighted by atomic mass is 9.97. The van der Waals surface area contributed by atoms with Crippen LogP contribution in [0.1, 0.15) is 0 Å². The summed E-state index contributed by atoms with van der Waals surface area (Å²) in [4.78, 5) is 2.41. The van der Waals surface area contributed by atoms with E-state index in [9.17, 15) is 0 Å². The average Bonchev–Trinajstić information content (AvgIpc) is 3.58. The van der Waals surface area contributed by atoms with Crippen LogP contribution in [-0.2, 0) is 0 Å². The first-order valence-corrected chi connectivity index (χ1v) is 18.5. The van der Waals surface area contributed by atoms with Crippen molar-refractivity contribution in [1.29, 1.82) is 0 Å². The van der Waals surface area contributed by atoms with Gasteiger partial charge in [-0.2, -0.15) is 0 Å². The van der Waals surface area contributed by atoms with Gasteiger partial charge in [-0.15, -0.1) is 0 Å². The molecule has 10 rings (SSSR count). The first kappa shape index (κ1) is 31.6. The largest absolute Gasteiger partial charge is 0.310 e. The minimum absolute atomic E-state index is 1.09. The Bertz CT molecular complexity index is 2910. The predicted octanol–water partition coefficient (Wildman–Crippen LogP) is 14.4. The van der Waals surface area contributed by atoms with Crippen LogP contribution in [0.5, 0.6) is 0 Å². The summed E-state index contributed by atoms with van der Waals surface area (Å²) in [6, 6.07) is 78.9. The Hall–Kier alpha value is -7.16. The van der Waals surface area contributed by atoms with Gasteiger partial charge in [0.1, 0.15) is 0 Å². The van der Waals surface area contributed by atoms with E-state index in [2.05, 4.69) is 228 Å². The summed E-state index contributed by atoms with van der Waals surface area (Å²) in [7, 11) is 0. The monoisotopic (exact) mass is 688 g/mol. The predicted molar refractivity (Wildman–Crippen MR) is 229 cm³/mol. The molecule has 2 heteroatoms. The fourth-order valence-corrected chi connectivity index (χ4v) is 8.10. The van der Waals surface area contributed by atoms with Gasteiger partial charge in [-0.3, -0.25) is 0 Å². The van der Waals surface area contributed by atoms with Crippen LogP contribution in [0.3, 0.4) is 0 Å². The summed E-state index contributed by atoms with van der Waals surface area (Å²) < 4.78 is 2.46. The van der Waals surface area contributed by atoms with Gasteiger partial charge in [0, 0.05) is 33.1 Å². The molecule has 254 valence electrons. The Morgan fingerprint density at radius 1 is 0.296 bits per heavy atom. The maximum atomic E-state index is 2.46. The fraction of sp³-hybridized carbons (Fsp3) is 0. The van der Waals surface area contributed by atoms with Crippen molar-refractivity contribution in [3.63, 3.8) is 0 Å². The molecule has 0 aliphatic rings. The van der Waals surface area contributed by atoms with Crippen LogP contribution in [0, 0.1) is 0 Å². The van der Waals surface area contributed by atoms with Crippen LogP contribution in [0.4, 0.5) is 17.1 Å². The first-order chi connectivity index (χ1) is 26.8. The van der Waals surface area contributed by atoms with Gasteiger partial charge in [0.25, 0.3) is 0 Å². The quantitative estimate of drug-likeness (QED) is 0.162. The van der Waals surface area contributed by atoms with Gasteiger partial charge in [-0.05, 0) is 75.7 Å². The number of anilines is 3. The van der Waals surface area contributed by atoms with Crippen molar-refractivity contribution in [2.24, 2.45) is 0 Å². The highest BCUT2D eigenvalue weighted by molar-refractivity contribution is 6.12. The molecule has 0 saturated heterocycles. The Labute approximate surface area is 315 Å². The second kappa shape index (κ2) is 13.4. The Kier molecular flexibility index (Phi) is 7.85. The van der Waals surface area contributed by atoms with Crippen LogP contribution in [-0.4, -0.2) is 4.57 Å². The molecule has 0 spiro atoms. The maximum absolute atomic E-state index is 2.46. The normalized spacial score (nSPS) is 11.3. The third kappa shape index (κ3) is 5.44. The molecule has 1 aromatic heterocycles. The molecule has 0 aliphatic heterocycles. The number of aromatic nitrogens is 1. The van der Waals surface area contributed by atoms with Crippen LogP contribution in [0.2, 0.25) is 0 Å². The minimum atomic E-state index is 1.09. The lowest BCUT2D eigenvalue weighted by Gasteiger charge is -2.28. The molecule has 9 aromatic carbocycles. The third-order valence-electron chi connectivity index (χ3n) is 10.6. The number of fused-ring (bicyclic) bond motifs is 4. The van der Waals surface area contributed by atoms with E-state index in [1.54, 1.807) is 0 Å². The van der Waals surface area contributed by atoms with Crippen molar-refractivity contribution in [3.8, 4) is 39.1 Å². The Morgan fingerprint density at radius 2 is 0.815 bits per heavy atom. The lowest BCUT2D eigenvalue weighted by molar-refractivity contribution is 1.19. The summed E-state index contributed by atoms with van der Waals surface area (Å²) in [6.07, 6.45) is 0. The molecule has 0 saturated carbocycles. The van der Waals surface area contributed by atoms with Crippen molar-refractivity contribution >= 4 is 49.6 Å². The van der Waals surface area contributed by atoms with Gasteiger partial charge in [0.05, 0.1) is 22.4 Å². The highest BCUT2D eigenvalue weighted by atomic mass is 15.1. The van der Waals surface area contributed by atoms with Crippen molar-refractivity contribution in [2.45, 2.75) is 0 Å². The summed E-state index contributed by atoms with van der Waals surface area (Å²) >= 11 is 0. The SMILES string of the molecule is c1ccc(-c2ccc(N(c3ccc4c5ccccc5n(-c5ccc(-c6ccccc6)c6ccccc56)c4c3)c3ccccc3-c3ccccc3)cc2)cc1. The zero-order chi connectivity index (χ0) is 35.8. The average molecular weight is 689 g/mol. The number of para-hydroxylation sites is 2. The molecular weight excluding hydrogens is 653 g/mol. The molecule has 0 radical (unpaired) electrons. The highest BCUT2D eigenvalue weighted by Crippen LogP contribution is 2.44. The van der Waals surface area contributed by atoms with E-state index in [0.717, 1.165) is 28.3 Å². The molecule has 2 nitrogen and oxygen atoms in total. The molecule has 0 amide bonds. The summed E-state index contributed by atoms with van der Waals surface area (Å²) in [5, 5.41) is 4.91. The molecule has 0 bridgehead atoms. The highest BCUT2D eigenvalue weighted by Gasteiger charge is 2.21. The van der Waals surface area contributed by atoms with E-state index in [4.69, 9.17) is 0 Å². The van der Waals surface area contributed by atoms with E-state index in [0.29, 0.717) is 0 Å². The van der Waals surface area contributed by atoms with Crippen molar-refractivity contribution in [3.05, 3.63) is 218 Å². The van der Waals surface area contributed by atoms with Crippen molar-refractivity contribution < 1.29 is 0 Å². The minimum Gasteiger partial charge on any atom is -0.310 e. The summed E-state index contributed by atoms with van der Waals surface area (Å²) in [6.45, 7) is 0. The Morgan fingerprint density at radius 3 is 1.54 bits per heavy atom. The van der Waals surface area contributed by atoms with Crippen molar-refractivity contribution in [1.82, 2.24) is 4.57 Å². The van der Waals surface area contributed by atoms with Gasteiger partial charge in [0.15, 0.2) is 0 Å². The van der Waals surface area contributed by atoms with E-state index >= 15 is 0 Å². The number of rotatable bonds is 7. The van der Waals surface area contributed by atoms with Gasteiger partial charge < -0.3 is 9.47 Å². The van der Waals surface area contributed by atoms with Crippen LogP contribution in [0.15, 0.2) is 218 Å². The number of nitrogens with zero attached hydrogens (tertiary/aromatic N) is 2. The zero-order valence-electron chi connectivity index (χ0n) is 29.7. The second-order valence-corrected chi connectivity index (χ2v) is 13.7. The maximum Gasteiger partial charge on any atom is 0.0562 e. The molecule has 54 heavy (non-hydrogen) atoms. The van der Waals surface area contributed by atoms with Gasteiger partial charge in [-0.25, -0.2) is 0 Å². The molecule has 0 unspecified atom stereocenters. The van der Waals surface area contributed by atoms with Gasteiger partial charge in [0.2, 0.25) is 0 Å². The molecular formula is C52H36N2. The zero-order valence-corrected chi connectivity index (χ0v) is 29.7. The molecule has 0 aliphatic carbocycles. The van der Waals surface area contributed by atoms with Gasteiger partial charge >= 0.3 is 0 Å². The first-order valence-electron chi connectivity index (χ1n) is 18.5.